The zero-order chi connectivity index (χ0) is 18.1. The first-order valence-corrected chi connectivity index (χ1v) is 11.7. The average molecular weight is 372 g/mol. The second-order valence-corrected chi connectivity index (χ2v) is 13.2. The van der Waals surface area contributed by atoms with Crippen molar-refractivity contribution in [3.05, 3.63) is 34.6 Å². The Balaban J connectivity index is 2.07. The molecule has 0 aromatic heterocycles. The van der Waals surface area contributed by atoms with Gasteiger partial charge in [-0.3, -0.25) is 4.79 Å². The van der Waals surface area contributed by atoms with Gasteiger partial charge in [-0.05, 0) is 42.2 Å². The van der Waals surface area contributed by atoms with Crippen molar-refractivity contribution < 1.29 is 13.6 Å². The van der Waals surface area contributed by atoms with Crippen LogP contribution in [-0.4, -0.2) is 31.8 Å². The lowest BCUT2D eigenvalue weighted by Gasteiger charge is -2.42. The third-order valence-electron chi connectivity index (χ3n) is 5.10. The van der Waals surface area contributed by atoms with Gasteiger partial charge < -0.3 is 9.33 Å². The number of likely N-dealkylation sites (tertiary alicyclic amines) is 1. The minimum atomic E-state index is -1.87. The summed E-state index contributed by atoms with van der Waals surface area (Å²) in [6.45, 7) is 12.1. The Hall–Kier alpha value is -0.913. The van der Waals surface area contributed by atoms with Crippen molar-refractivity contribution in [2.24, 2.45) is 0 Å². The Bertz CT molecular complexity index is 616. The lowest BCUT2D eigenvalue weighted by atomic mass is 10.1. The van der Waals surface area contributed by atoms with Crippen molar-refractivity contribution in [3.63, 3.8) is 0 Å². The fourth-order valence-corrected chi connectivity index (χ4v) is 4.19. The molecule has 0 saturated carbocycles. The van der Waals surface area contributed by atoms with Crippen molar-refractivity contribution in [3.8, 4) is 0 Å². The lowest BCUT2D eigenvalue weighted by molar-refractivity contribution is -0.137. The largest absolute Gasteiger partial charge is 0.412 e. The molecule has 1 aromatic carbocycles. The van der Waals surface area contributed by atoms with Gasteiger partial charge in [0.25, 0.3) is 0 Å². The van der Waals surface area contributed by atoms with Gasteiger partial charge in [0, 0.05) is 24.5 Å². The topological polar surface area (TPSA) is 29.5 Å². The summed E-state index contributed by atoms with van der Waals surface area (Å²) in [4.78, 5) is 14.0. The number of hydrogen-bond acceptors (Lipinski definition) is 2. The molecule has 0 unspecified atom stereocenters. The molecule has 134 valence electrons. The molecule has 1 aliphatic rings. The van der Waals surface area contributed by atoms with E-state index in [1.165, 1.54) is 12.1 Å². The van der Waals surface area contributed by atoms with Crippen LogP contribution in [0, 0.1) is 5.82 Å². The molecule has 0 aliphatic carbocycles. The predicted octanol–water partition coefficient (Wildman–Crippen LogP) is 4.99. The van der Waals surface area contributed by atoms with Crippen LogP contribution in [0.25, 0.3) is 0 Å². The SMILES string of the molecule is CC(C)(C)[Si](C)(C)O[C@@H]1CCC(=O)N(Cc2ccc(F)cc2Cl)C1. The molecule has 0 bridgehead atoms. The third kappa shape index (κ3) is 4.58. The van der Waals surface area contributed by atoms with Crippen molar-refractivity contribution in [1.29, 1.82) is 0 Å². The van der Waals surface area contributed by atoms with Crippen LogP contribution in [0.5, 0.6) is 0 Å². The monoisotopic (exact) mass is 371 g/mol. The number of carbonyl (C=O) groups is 1. The van der Waals surface area contributed by atoms with Gasteiger partial charge in [-0.1, -0.05) is 38.4 Å². The Labute approximate surface area is 150 Å². The van der Waals surface area contributed by atoms with E-state index < -0.39 is 8.32 Å². The van der Waals surface area contributed by atoms with E-state index in [2.05, 4.69) is 33.9 Å². The van der Waals surface area contributed by atoms with Crippen LogP contribution in [0.1, 0.15) is 39.2 Å². The van der Waals surface area contributed by atoms with Crippen LogP contribution in [0.4, 0.5) is 4.39 Å². The summed E-state index contributed by atoms with van der Waals surface area (Å²) in [6, 6.07) is 4.30. The summed E-state index contributed by atoms with van der Waals surface area (Å²) in [7, 11) is -1.87. The number of benzene rings is 1. The van der Waals surface area contributed by atoms with E-state index in [4.69, 9.17) is 16.0 Å². The summed E-state index contributed by atoms with van der Waals surface area (Å²) >= 11 is 6.10. The Kier molecular flexibility index (Phi) is 5.78. The summed E-state index contributed by atoms with van der Waals surface area (Å²) in [5, 5.41) is 0.495. The maximum absolute atomic E-state index is 13.2. The van der Waals surface area contributed by atoms with Crippen molar-refractivity contribution in [2.75, 3.05) is 6.54 Å². The first kappa shape index (κ1) is 19.4. The van der Waals surface area contributed by atoms with Gasteiger partial charge >= 0.3 is 0 Å². The number of carbonyl (C=O) groups excluding carboxylic acids is 1. The summed E-state index contributed by atoms with van der Waals surface area (Å²) in [6.07, 6.45) is 1.31. The number of hydrogen-bond donors (Lipinski definition) is 0. The quantitative estimate of drug-likeness (QED) is 0.697. The number of rotatable bonds is 4. The molecule has 1 amide bonds. The van der Waals surface area contributed by atoms with Gasteiger partial charge in [-0.15, -0.1) is 0 Å². The number of piperidine rings is 1. The molecule has 0 radical (unpaired) electrons. The Morgan fingerprint density at radius 2 is 2.04 bits per heavy atom. The van der Waals surface area contributed by atoms with Crippen LogP contribution in [0.2, 0.25) is 23.2 Å². The maximum atomic E-state index is 13.2. The van der Waals surface area contributed by atoms with Gasteiger partial charge in [0.15, 0.2) is 8.32 Å². The van der Waals surface area contributed by atoms with E-state index >= 15 is 0 Å². The highest BCUT2D eigenvalue weighted by Crippen LogP contribution is 2.38. The molecule has 1 heterocycles. The zero-order valence-electron chi connectivity index (χ0n) is 15.2. The molecule has 1 aromatic rings. The Morgan fingerprint density at radius 3 is 2.62 bits per heavy atom. The summed E-state index contributed by atoms with van der Waals surface area (Å²) in [5.41, 5.74) is 0.763. The summed E-state index contributed by atoms with van der Waals surface area (Å²) < 4.78 is 19.6. The normalized spacial score (nSPS) is 19.7. The molecular formula is C18H27ClFNO2Si. The maximum Gasteiger partial charge on any atom is 0.223 e. The van der Waals surface area contributed by atoms with Gasteiger partial charge in [0.2, 0.25) is 5.91 Å². The van der Waals surface area contributed by atoms with E-state index in [-0.39, 0.29) is 22.9 Å². The molecule has 3 nitrogen and oxygen atoms in total. The molecule has 24 heavy (non-hydrogen) atoms. The second kappa shape index (κ2) is 7.14. The number of nitrogens with zero attached hydrogens (tertiary/aromatic N) is 1. The van der Waals surface area contributed by atoms with E-state index in [1.54, 1.807) is 11.0 Å². The molecule has 1 aliphatic heterocycles. The van der Waals surface area contributed by atoms with Crippen molar-refractivity contribution in [1.82, 2.24) is 4.90 Å². The van der Waals surface area contributed by atoms with Crippen molar-refractivity contribution in [2.45, 2.75) is 64.4 Å². The smallest absolute Gasteiger partial charge is 0.223 e. The number of halogens is 2. The second-order valence-electron chi connectivity index (χ2n) is 8.05. The van der Waals surface area contributed by atoms with E-state index in [9.17, 15) is 9.18 Å². The molecule has 1 fully saturated rings. The Morgan fingerprint density at radius 1 is 1.38 bits per heavy atom. The first-order chi connectivity index (χ1) is 11.0. The van der Waals surface area contributed by atoms with E-state index in [0.29, 0.717) is 24.5 Å². The van der Waals surface area contributed by atoms with E-state index in [0.717, 1.165) is 12.0 Å². The third-order valence-corrected chi connectivity index (χ3v) is 9.99. The standard InChI is InChI=1S/C18H27ClFNO2Si/c1-18(2,3)24(4,5)23-15-8-9-17(22)21(12-15)11-13-6-7-14(20)10-16(13)19/h6-7,10,15H,8-9,11-12H2,1-5H3/t15-/m1/s1. The number of amides is 1. The molecular weight excluding hydrogens is 345 g/mol. The molecule has 1 atom stereocenters. The highest BCUT2D eigenvalue weighted by atomic mass is 35.5. The average Bonchev–Trinajstić information content (AvgIpc) is 2.44. The van der Waals surface area contributed by atoms with Crippen LogP contribution in [0.15, 0.2) is 18.2 Å². The predicted molar refractivity (Wildman–Crippen MR) is 98.1 cm³/mol. The van der Waals surface area contributed by atoms with Gasteiger partial charge in [0.05, 0.1) is 6.10 Å². The van der Waals surface area contributed by atoms with Gasteiger partial charge in [-0.25, -0.2) is 4.39 Å². The van der Waals surface area contributed by atoms with Crippen LogP contribution < -0.4 is 0 Å². The lowest BCUT2D eigenvalue weighted by Crippen LogP contribution is -2.50. The highest BCUT2D eigenvalue weighted by Gasteiger charge is 2.40. The molecule has 0 spiro atoms. The van der Waals surface area contributed by atoms with Crippen LogP contribution in [-0.2, 0) is 15.8 Å². The van der Waals surface area contributed by atoms with Crippen molar-refractivity contribution >= 4 is 25.8 Å². The summed E-state index contributed by atoms with van der Waals surface area (Å²) in [5.74, 6) is -0.265. The zero-order valence-corrected chi connectivity index (χ0v) is 16.9. The van der Waals surface area contributed by atoms with Crippen LogP contribution >= 0.6 is 11.6 Å². The minimum Gasteiger partial charge on any atom is -0.412 e. The van der Waals surface area contributed by atoms with E-state index in [1.807, 2.05) is 0 Å². The molecule has 0 N–H and O–H groups in total. The van der Waals surface area contributed by atoms with Gasteiger partial charge in [-0.2, -0.15) is 0 Å². The minimum absolute atomic E-state index is 0.0582. The fourth-order valence-electron chi connectivity index (χ4n) is 2.58. The van der Waals surface area contributed by atoms with Gasteiger partial charge in [0.1, 0.15) is 5.82 Å². The van der Waals surface area contributed by atoms with Crippen LogP contribution in [0.3, 0.4) is 0 Å². The highest BCUT2D eigenvalue weighted by molar-refractivity contribution is 6.74. The molecule has 1 saturated heterocycles. The molecule has 2 rings (SSSR count). The fraction of sp³-hybridized carbons (Fsp3) is 0.611. The molecule has 6 heteroatoms. The first-order valence-electron chi connectivity index (χ1n) is 8.39.